The Labute approximate surface area is 96.0 Å². The molecule has 84 valence electrons. The fourth-order valence-corrected chi connectivity index (χ4v) is 5.94. The van der Waals surface area contributed by atoms with Crippen LogP contribution in [0.1, 0.15) is 51.9 Å². The fourth-order valence-electron chi connectivity index (χ4n) is 2.53. The van der Waals surface area contributed by atoms with Crippen LogP contribution in [0.5, 0.6) is 0 Å². The molecule has 0 bridgehead atoms. The average Bonchev–Trinajstić information content (AvgIpc) is 2.25. The van der Waals surface area contributed by atoms with Crippen molar-refractivity contribution in [2.24, 2.45) is 5.92 Å². The fraction of sp³-hybridized carbons (Fsp3) is 1.00. The Morgan fingerprint density at radius 2 is 1.86 bits per heavy atom. The number of unbranched alkanes of at least 4 members (excludes halogenated alkanes) is 3. The Hall–Kier alpha value is 0.507. The zero-order chi connectivity index (χ0) is 10.2. The first-order chi connectivity index (χ1) is 6.86. The standard InChI is InChI=1S/C12H25ClSi/c1-2-3-4-5-6-12-7-9-14(11-13)10-8-12/h12,14H,2-11H2,1H3. The predicted molar refractivity (Wildman–Crippen MR) is 69.0 cm³/mol. The van der Waals surface area contributed by atoms with Crippen molar-refractivity contribution < 1.29 is 0 Å². The number of hydrogen-bond acceptors (Lipinski definition) is 0. The van der Waals surface area contributed by atoms with Crippen LogP contribution in [0.4, 0.5) is 0 Å². The van der Waals surface area contributed by atoms with Gasteiger partial charge in [-0.05, 0) is 5.92 Å². The van der Waals surface area contributed by atoms with E-state index in [4.69, 9.17) is 11.6 Å². The molecule has 0 saturated carbocycles. The van der Waals surface area contributed by atoms with Crippen molar-refractivity contribution in [3.8, 4) is 0 Å². The van der Waals surface area contributed by atoms with E-state index in [1.807, 2.05) is 0 Å². The summed E-state index contributed by atoms with van der Waals surface area (Å²) in [5, 5.41) is 0. The molecule has 0 aliphatic carbocycles. The van der Waals surface area contributed by atoms with Crippen molar-refractivity contribution in [3.63, 3.8) is 0 Å². The second kappa shape index (κ2) is 7.75. The van der Waals surface area contributed by atoms with Gasteiger partial charge in [0, 0.05) is 5.50 Å². The summed E-state index contributed by atoms with van der Waals surface area (Å²) in [7, 11) is -0.426. The summed E-state index contributed by atoms with van der Waals surface area (Å²) in [6, 6.07) is 3.06. The molecule has 0 spiro atoms. The molecule has 1 heterocycles. The Balaban J connectivity index is 1.98. The Morgan fingerprint density at radius 1 is 1.14 bits per heavy atom. The van der Waals surface area contributed by atoms with Crippen molar-refractivity contribution in [1.82, 2.24) is 0 Å². The first kappa shape index (κ1) is 12.6. The van der Waals surface area contributed by atoms with Crippen LogP contribution in [0.15, 0.2) is 0 Å². The number of rotatable bonds is 6. The minimum absolute atomic E-state index is 0.426. The summed E-state index contributed by atoms with van der Waals surface area (Å²) in [6.45, 7) is 2.29. The summed E-state index contributed by atoms with van der Waals surface area (Å²) in [5.74, 6) is 1.07. The summed E-state index contributed by atoms with van der Waals surface area (Å²) in [6.07, 6.45) is 10.3. The van der Waals surface area contributed by atoms with Gasteiger partial charge in [0.05, 0.1) is 8.80 Å². The van der Waals surface area contributed by atoms with Crippen molar-refractivity contribution in [1.29, 1.82) is 0 Å². The lowest BCUT2D eigenvalue weighted by molar-refractivity contribution is 0.415. The van der Waals surface area contributed by atoms with Gasteiger partial charge < -0.3 is 0 Å². The average molecular weight is 233 g/mol. The molecule has 0 aromatic heterocycles. The predicted octanol–water partition coefficient (Wildman–Crippen LogP) is 4.37. The van der Waals surface area contributed by atoms with Crippen LogP contribution in [0.2, 0.25) is 12.1 Å². The maximum atomic E-state index is 5.94. The molecule has 0 nitrogen and oxygen atoms in total. The van der Waals surface area contributed by atoms with E-state index in [0.717, 1.165) is 11.4 Å². The second-order valence-corrected chi connectivity index (χ2v) is 9.01. The molecule has 2 heteroatoms. The van der Waals surface area contributed by atoms with E-state index in [-0.39, 0.29) is 0 Å². The summed E-state index contributed by atoms with van der Waals surface area (Å²) in [5.41, 5.74) is 1.03. The maximum Gasteiger partial charge on any atom is 0.0540 e. The molecule has 1 aliphatic heterocycles. The van der Waals surface area contributed by atoms with E-state index >= 15 is 0 Å². The Kier molecular flexibility index (Phi) is 6.97. The van der Waals surface area contributed by atoms with E-state index in [2.05, 4.69) is 6.92 Å². The number of alkyl halides is 1. The summed E-state index contributed by atoms with van der Waals surface area (Å²) in [4.78, 5) is 0. The number of hydrogen-bond donors (Lipinski definition) is 0. The highest BCUT2D eigenvalue weighted by Crippen LogP contribution is 2.29. The monoisotopic (exact) mass is 232 g/mol. The van der Waals surface area contributed by atoms with Gasteiger partial charge in [0.2, 0.25) is 0 Å². The van der Waals surface area contributed by atoms with Crippen LogP contribution < -0.4 is 0 Å². The lowest BCUT2D eigenvalue weighted by atomic mass is 9.95. The normalized spacial score (nSPS) is 27.9. The van der Waals surface area contributed by atoms with Gasteiger partial charge in [-0.3, -0.25) is 0 Å². The van der Waals surface area contributed by atoms with Crippen LogP contribution >= 0.6 is 11.6 Å². The molecule has 0 aromatic carbocycles. The van der Waals surface area contributed by atoms with Gasteiger partial charge in [0.15, 0.2) is 0 Å². The van der Waals surface area contributed by atoms with Gasteiger partial charge in [-0.25, -0.2) is 0 Å². The van der Waals surface area contributed by atoms with E-state index in [0.29, 0.717) is 0 Å². The van der Waals surface area contributed by atoms with Crippen molar-refractivity contribution in [3.05, 3.63) is 0 Å². The molecule has 1 rings (SSSR count). The zero-order valence-electron chi connectivity index (χ0n) is 9.60. The van der Waals surface area contributed by atoms with Crippen LogP contribution in [-0.4, -0.2) is 14.3 Å². The zero-order valence-corrected chi connectivity index (χ0v) is 11.5. The summed E-state index contributed by atoms with van der Waals surface area (Å²) >= 11 is 5.94. The van der Waals surface area contributed by atoms with Crippen LogP contribution in [0.25, 0.3) is 0 Å². The molecule has 0 aromatic rings. The molecule has 0 atom stereocenters. The first-order valence-corrected chi connectivity index (χ1v) is 9.41. The van der Waals surface area contributed by atoms with Crippen molar-refractivity contribution in [2.75, 3.05) is 5.50 Å². The third kappa shape index (κ3) is 4.84. The SMILES string of the molecule is CCCCCCC1CC[SiH](CCl)CC1. The molecule has 14 heavy (non-hydrogen) atoms. The van der Waals surface area contributed by atoms with Gasteiger partial charge in [0.1, 0.15) is 0 Å². The second-order valence-electron chi connectivity index (χ2n) is 4.89. The highest BCUT2D eigenvalue weighted by molar-refractivity contribution is 6.67. The Bertz CT molecular complexity index is 130. The van der Waals surface area contributed by atoms with Crippen molar-refractivity contribution >= 4 is 20.4 Å². The molecule has 0 unspecified atom stereocenters. The molecular formula is C12H25ClSi. The Morgan fingerprint density at radius 3 is 2.43 bits per heavy atom. The smallest absolute Gasteiger partial charge is 0.0540 e. The van der Waals surface area contributed by atoms with E-state index in [1.165, 1.54) is 57.0 Å². The van der Waals surface area contributed by atoms with Gasteiger partial charge in [-0.2, -0.15) is 0 Å². The molecular weight excluding hydrogens is 208 g/mol. The largest absolute Gasteiger partial charge is 0.131 e. The number of halogens is 1. The quantitative estimate of drug-likeness (QED) is 0.363. The third-order valence-corrected chi connectivity index (χ3v) is 7.70. The minimum atomic E-state index is -0.426. The molecule has 1 aliphatic rings. The van der Waals surface area contributed by atoms with Gasteiger partial charge in [-0.1, -0.05) is 64.0 Å². The molecule has 0 N–H and O–H groups in total. The highest BCUT2D eigenvalue weighted by atomic mass is 35.5. The molecule has 0 radical (unpaired) electrons. The lowest BCUT2D eigenvalue weighted by Crippen LogP contribution is -2.23. The van der Waals surface area contributed by atoms with Crippen LogP contribution in [0, 0.1) is 5.92 Å². The molecule has 0 amide bonds. The van der Waals surface area contributed by atoms with Gasteiger partial charge >= 0.3 is 0 Å². The summed E-state index contributed by atoms with van der Waals surface area (Å²) < 4.78 is 0. The van der Waals surface area contributed by atoms with Gasteiger partial charge in [-0.15, -0.1) is 11.6 Å². The topological polar surface area (TPSA) is 0 Å². The maximum absolute atomic E-state index is 5.94. The molecule has 1 saturated heterocycles. The first-order valence-electron chi connectivity index (χ1n) is 6.42. The van der Waals surface area contributed by atoms with Gasteiger partial charge in [0.25, 0.3) is 0 Å². The third-order valence-electron chi connectivity index (χ3n) is 3.65. The van der Waals surface area contributed by atoms with E-state index < -0.39 is 8.80 Å². The van der Waals surface area contributed by atoms with Crippen molar-refractivity contribution in [2.45, 2.75) is 64.0 Å². The highest BCUT2D eigenvalue weighted by Gasteiger charge is 2.20. The molecule has 1 fully saturated rings. The lowest BCUT2D eigenvalue weighted by Gasteiger charge is -2.26. The minimum Gasteiger partial charge on any atom is -0.131 e. The van der Waals surface area contributed by atoms with Crippen LogP contribution in [-0.2, 0) is 0 Å². The van der Waals surface area contributed by atoms with Crippen LogP contribution in [0.3, 0.4) is 0 Å². The van der Waals surface area contributed by atoms with E-state index in [1.54, 1.807) is 0 Å². The van der Waals surface area contributed by atoms with E-state index in [9.17, 15) is 0 Å².